The normalized spacial score (nSPS) is 11.4. The number of hydrogen-bond acceptors (Lipinski definition) is 5. The number of carbonyl (C=O) groups excluding carboxylic acids is 2. The van der Waals surface area contributed by atoms with Gasteiger partial charge in [-0.1, -0.05) is 0 Å². The van der Waals surface area contributed by atoms with Crippen LogP contribution in [0.3, 0.4) is 0 Å². The highest BCUT2D eigenvalue weighted by Gasteiger charge is 2.31. The Bertz CT molecular complexity index is 1470. The highest BCUT2D eigenvalue weighted by Crippen LogP contribution is 2.32. The van der Waals surface area contributed by atoms with Gasteiger partial charge < -0.3 is 25.3 Å². The fourth-order valence-corrected chi connectivity index (χ4v) is 3.39. The molecule has 0 spiro atoms. The molecule has 0 aliphatic heterocycles. The van der Waals surface area contributed by atoms with Crippen molar-refractivity contribution >= 4 is 40.3 Å². The van der Waals surface area contributed by atoms with Crippen LogP contribution in [0.5, 0.6) is 11.5 Å². The van der Waals surface area contributed by atoms with Crippen LogP contribution in [-0.4, -0.2) is 47.4 Å². The molecule has 13 heteroatoms. The number of nitrogens with zero attached hydrogens (tertiary/aromatic N) is 2. The summed E-state index contributed by atoms with van der Waals surface area (Å²) in [6.45, 7) is 0.208. The number of imidazole rings is 1. The number of benzene rings is 3. The van der Waals surface area contributed by atoms with E-state index in [4.69, 9.17) is 4.74 Å². The molecular formula is C25H22F4N6O3. The molecule has 0 saturated carbocycles. The molecule has 1 heterocycles. The number of hydrogen-bond donors (Lipinski definition) is 4. The van der Waals surface area contributed by atoms with Crippen LogP contribution in [-0.2, 0) is 11.0 Å². The largest absolute Gasteiger partial charge is 0.457 e. The maximum Gasteiger partial charge on any atom is 0.416 e. The summed E-state index contributed by atoms with van der Waals surface area (Å²) in [6, 6.07) is 12.1. The molecule has 0 fully saturated rings. The molecule has 1 aromatic heterocycles. The summed E-state index contributed by atoms with van der Waals surface area (Å²) in [4.78, 5) is 33.2. The number of H-pyrrole nitrogens is 1. The monoisotopic (exact) mass is 530 g/mol. The molecule has 3 aromatic carbocycles. The number of aromatic nitrogens is 2. The Morgan fingerprint density at radius 1 is 0.947 bits per heavy atom. The molecule has 0 atom stereocenters. The molecule has 3 amide bonds. The number of carbonyl (C=O) groups is 2. The second-order valence-corrected chi connectivity index (χ2v) is 8.45. The molecule has 4 aromatic rings. The van der Waals surface area contributed by atoms with Crippen LogP contribution in [0.4, 0.5) is 39.7 Å². The van der Waals surface area contributed by atoms with Crippen molar-refractivity contribution < 1.29 is 31.9 Å². The van der Waals surface area contributed by atoms with E-state index in [0.717, 1.165) is 0 Å². The molecule has 198 valence electrons. The summed E-state index contributed by atoms with van der Waals surface area (Å²) in [5, 5.41) is 7.17. The number of halogens is 4. The highest BCUT2D eigenvalue weighted by molar-refractivity contribution is 6.00. The zero-order chi connectivity index (χ0) is 27.4. The first kappa shape index (κ1) is 26.4. The van der Waals surface area contributed by atoms with E-state index in [1.165, 1.54) is 12.1 Å². The van der Waals surface area contributed by atoms with Crippen molar-refractivity contribution in [2.75, 3.05) is 36.6 Å². The van der Waals surface area contributed by atoms with Crippen LogP contribution in [0.25, 0.3) is 11.0 Å². The fourth-order valence-electron chi connectivity index (χ4n) is 3.39. The van der Waals surface area contributed by atoms with Gasteiger partial charge in [-0.2, -0.15) is 13.2 Å². The predicted molar refractivity (Wildman–Crippen MR) is 134 cm³/mol. The topological polar surface area (TPSA) is 111 Å². The lowest BCUT2D eigenvalue weighted by molar-refractivity contribution is -0.137. The van der Waals surface area contributed by atoms with Crippen LogP contribution in [0.1, 0.15) is 5.56 Å². The number of likely N-dealkylation sites (N-methyl/N-ethyl adjacent to an activating group) is 1. The number of fused-ring (bicyclic) bond motifs is 1. The second-order valence-electron chi connectivity index (χ2n) is 8.45. The summed E-state index contributed by atoms with van der Waals surface area (Å²) < 4.78 is 58.2. The lowest BCUT2D eigenvalue weighted by Crippen LogP contribution is -2.27. The van der Waals surface area contributed by atoms with Crippen LogP contribution in [0.15, 0.2) is 60.7 Å². The van der Waals surface area contributed by atoms with E-state index in [1.807, 2.05) is 0 Å². The van der Waals surface area contributed by atoms with E-state index in [2.05, 4.69) is 25.9 Å². The Labute approximate surface area is 213 Å². The van der Waals surface area contributed by atoms with Crippen LogP contribution < -0.4 is 20.7 Å². The zero-order valence-corrected chi connectivity index (χ0v) is 20.1. The summed E-state index contributed by atoms with van der Waals surface area (Å²) in [5.41, 5.74) is -0.136. The molecule has 4 rings (SSSR count). The van der Waals surface area contributed by atoms with Crippen LogP contribution in [0.2, 0.25) is 0 Å². The van der Waals surface area contributed by atoms with Crippen LogP contribution >= 0.6 is 0 Å². The van der Waals surface area contributed by atoms with E-state index >= 15 is 0 Å². The average Bonchev–Trinajstić information content (AvgIpc) is 3.21. The minimum absolute atomic E-state index is 0.208. The van der Waals surface area contributed by atoms with Crippen molar-refractivity contribution in [2.24, 2.45) is 0 Å². The van der Waals surface area contributed by atoms with Gasteiger partial charge >= 0.3 is 12.2 Å². The Balaban J connectivity index is 1.37. The first-order valence-electron chi connectivity index (χ1n) is 11.1. The Morgan fingerprint density at radius 2 is 1.66 bits per heavy atom. The van der Waals surface area contributed by atoms with Crippen molar-refractivity contribution in [1.29, 1.82) is 0 Å². The number of anilines is 3. The van der Waals surface area contributed by atoms with Gasteiger partial charge in [-0.15, -0.1) is 0 Å². The Hall–Kier alpha value is -4.65. The lowest BCUT2D eigenvalue weighted by Gasteiger charge is -2.12. The molecule has 4 N–H and O–H groups in total. The van der Waals surface area contributed by atoms with Crippen molar-refractivity contribution in [3.05, 3.63) is 72.0 Å². The van der Waals surface area contributed by atoms with E-state index in [0.29, 0.717) is 52.4 Å². The lowest BCUT2D eigenvalue weighted by atomic mass is 10.2. The average molecular weight is 530 g/mol. The summed E-state index contributed by atoms with van der Waals surface area (Å²) in [5.74, 6) is -0.0210. The van der Waals surface area contributed by atoms with Gasteiger partial charge in [-0.3, -0.25) is 10.1 Å². The predicted octanol–water partition coefficient (Wildman–Crippen LogP) is 5.66. The molecule has 38 heavy (non-hydrogen) atoms. The fraction of sp³-hybridized carbons (Fsp3) is 0.160. The summed E-state index contributed by atoms with van der Waals surface area (Å²) in [6.07, 6.45) is -4.68. The molecule has 9 nitrogen and oxygen atoms in total. The smallest absolute Gasteiger partial charge is 0.416 e. The number of alkyl halides is 3. The standard InChI is InChI=1S/C25H22F4N6O3/c1-35(2)13-22(36)34-23-31-19-10-8-17(12-21(19)32-23)38-16-6-4-15(5-7-16)30-24(37)33-20-11-14(25(27,28)29)3-9-18(20)26/h3-12H,13H2,1-2H3,(H2,30,33,37)(H2,31,32,34,36). The van der Waals surface area contributed by atoms with Gasteiger partial charge in [0.25, 0.3) is 0 Å². The van der Waals surface area contributed by atoms with Crippen molar-refractivity contribution in [3.8, 4) is 11.5 Å². The third-order valence-corrected chi connectivity index (χ3v) is 5.06. The minimum Gasteiger partial charge on any atom is -0.457 e. The van der Waals surface area contributed by atoms with Gasteiger partial charge in [-0.05, 0) is 68.7 Å². The summed E-state index contributed by atoms with van der Waals surface area (Å²) in [7, 11) is 3.56. The van der Waals surface area contributed by atoms with Crippen molar-refractivity contribution in [1.82, 2.24) is 14.9 Å². The van der Waals surface area contributed by atoms with Gasteiger partial charge in [0.1, 0.15) is 17.3 Å². The minimum atomic E-state index is -4.68. The maximum absolute atomic E-state index is 13.9. The molecule has 0 unspecified atom stereocenters. The van der Waals surface area contributed by atoms with E-state index in [-0.39, 0.29) is 12.5 Å². The van der Waals surface area contributed by atoms with E-state index in [9.17, 15) is 27.2 Å². The Kier molecular flexibility index (Phi) is 7.48. The molecule has 0 radical (unpaired) electrons. The Morgan fingerprint density at radius 3 is 2.34 bits per heavy atom. The van der Waals surface area contributed by atoms with E-state index in [1.54, 1.807) is 49.3 Å². The summed E-state index contributed by atoms with van der Waals surface area (Å²) >= 11 is 0. The third kappa shape index (κ3) is 6.76. The van der Waals surface area contributed by atoms with Gasteiger partial charge in [0.2, 0.25) is 11.9 Å². The number of rotatable bonds is 7. The maximum atomic E-state index is 13.9. The number of aromatic amines is 1. The zero-order valence-electron chi connectivity index (χ0n) is 20.1. The quantitative estimate of drug-likeness (QED) is 0.231. The van der Waals surface area contributed by atoms with Gasteiger partial charge in [0, 0.05) is 11.8 Å². The highest BCUT2D eigenvalue weighted by atomic mass is 19.4. The number of urea groups is 1. The second kappa shape index (κ2) is 10.8. The first-order chi connectivity index (χ1) is 18.0. The molecule has 0 aliphatic rings. The van der Waals surface area contributed by atoms with Crippen molar-refractivity contribution in [3.63, 3.8) is 0 Å². The number of amides is 3. The number of ether oxygens (including phenoxy) is 1. The molecule has 0 aliphatic carbocycles. The van der Waals surface area contributed by atoms with Gasteiger partial charge in [0.05, 0.1) is 28.8 Å². The third-order valence-electron chi connectivity index (χ3n) is 5.06. The van der Waals surface area contributed by atoms with Gasteiger partial charge in [-0.25, -0.2) is 14.2 Å². The van der Waals surface area contributed by atoms with Crippen molar-refractivity contribution in [2.45, 2.75) is 6.18 Å². The van der Waals surface area contributed by atoms with E-state index < -0.39 is 29.3 Å². The van der Waals surface area contributed by atoms with Crippen LogP contribution in [0, 0.1) is 5.82 Å². The molecular weight excluding hydrogens is 508 g/mol. The SMILES string of the molecule is CN(C)CC(=O)Nc1nc2cc(Oc3ccc(NC(=O)Nc4cc(C(F)(F)F)ccc4F)cc3)ccc2[nH]1. The molecule has 0 bridgehead atoms. The first-order valence-corrected chi connectivity index (χ1v) is 11.1. The van der Waals surface area contributed by atoms with Gasteiger partial charge in [0.15, 0.2) is 0 Å². The number of nitrogens with one attached hydrogen (secondary N) is 4. The molecule has 0 saturated heterocycles.